The number of para-hydroxylation sites is 1. The van der Waals surface area contributed by atoms with Crippen molar-refractivity contribution in [2.75, 3.05) is 11.4 Å². The number of anilines is 2. The molecule has 0 bridgehead atoms. The first kappa shape index (κ1) is 12.6. The van der Waals surface area contributed by atoms with Gasteiger partial charge in [-0.15, -0.1) is 0 Å². The Kier molecular flexibility index (Phi) is 3.95. The highest BCUT2D eigenvalue weighted by Gasteiger charge is 2.09. The third kappa shape index (κ3) is 2.68. The van der Waals surface area contributed by atoms with E-state index in [-0.39, 0.29) is 5.82 Å². The van der Waals surface area contributed by atoms with E-state index in [1.54, 1.807) is 0 Å². The molecule has 0 atom stereocenters. The molecule has 18 heavy (non-hydrogen) atoms. The van der Waals surface area contributed by atoms with Gasteiger partial charge in [0.2, 0.25) is 0 Å². The lowest BCUT2D eigenvalue weighted by Gasteiger charge is -2.24. The van der Waals surface area contributed by atoms with Gasteiger partial charge in [-0.25, -0.2) is 4.39 Å². The van der Waals surface area contributed by atoms with Crippen LogP contribution in [0.4, 0.5) is 15.8 Å². The molecule has 2 rings (SSSR count). The Morgan fingerprint density at radius 2 is 1.78 bits per heavy atom. The van der Waals surface area contributed by atoms with E-state index in [1.165, 1.54) is 12.1 Å². The number of nitrogens with two attached hydrogens (primary N) is 1. The number of nitrogens with zero attached hydrogens (tertiary/aromatic N) is 1. The minimum atomic E-state index is -0.248. The third-order valence-electron chi connectivity index (χ3n) is 2.87. The molecule has 0 heterocycles. The summed E-state index contributed by atoms with van der Waals surface area (Å²) in [5.41, 5.74) is 8.27. The Morgan fingerprint density at radius 3 is 2.39 bits per heavy atom. The Morgan fingerprint density at radius 1 is 1.06 bits per heavy atom. The number of halogens is 1. The standard InChI is InChI=1S/C15H17FN2/c1-2-18(14-6-4-3-5-7-14)15-9-12(11-17)8-13(16)10-15/h3-10H,2,11,17H2,1H3. The molecule has 2 aromatic carbocycles. The summed E-state index contributed by atoms with van der Waals surface area (Å²) in [6, 6.07) is 14.9. The van der Waals surface area contributed by atoms with Crippen molar-refractivity contribution in [3.8, 4) is 0 Å². The van der Waals surface area contributed by atoms with E-state index in [0.29, 0.717) is 6.54 Å². The molecule has 0 aromatic heterocycles. The van der Waals surface area contributed by atoms with Crippen LogP contribution in [0, 0.1) is 5.82 Å². The van der Waals surface area contributed by atoms with Gasteiger partial charge in [-0.3, -0.25) is 0 Å². The summed E-state index contributed by atoms with van der Waals surface area (Å²) in [6.07, 6.45) is 0. The number of hydrogen-bond acceptors (Lipinski definition) is 2. The fourth-order valence-electron chi connectivity index (χ4n) is 2.03. The zero-order chi connectivity index (χ0) is 13.0. The van der Waals surface area contributed by atoms with Crippen LogP contribution in [0.5, 0.6) is 0 Å². The fourth-order valence-corrected chi connectivity index (χ4v) is 2.03. The van der Waals surface area contributed by atoms with Gasteiger partial charge in [-0.05, 0) is 42.8 Å². The monoisotopic (exact) mass is 244 g/mol. The van der Waals surface area contributed by atoms with Gasteiger partial charge in [0.25, 0.3) is 0 Å². The average molecular weight is 244 g/mol. The van der Waals surface area contributed by atoms with Gasteiger partial charge < -0.3 is 10.6 Å². The Bertz CT molecular complexity index is 511. The van der Waals surface area contributed by atoms with Crippen LogP contribution in [0.2, 0.25) is 0 Å². The molecule has 0 saturated heterocycles. The molecular weight excluding hydrogens is 227 g/mol. The van der Waals surface area contributed by atoms with Crippen LogP contribution >= 0.6 is 0 Å². The minimum absolute atomic E-state index is 0.248. The van der Waals surface area contributed by atoms with Crippen LogP contribution in [0.15, 0.2) is 48.5 Å². The SMILES string of the molecule is CCN(c1ccccc1)c1cc(F)cc(CN)c1. The summed E-state index contributed by atoms with van der Waals surface area (Å²) in [6.45, 7) is 3.16. The lowest BCUT2D eigenvalue weighted by Crippen LogP contribution is -2.16. The highest BCUT2D eigenvalue weighted by Crippen LogP contribution is 2.26. The Balaban J connectivity index is 2.42. The summed E-state index contributed by atoms with van der Waals surface area (Å²) >= 11 is 0. The molecule has 0 aliphatic rings. The van der Waals surface area contributed by atoms with E-state index in [4.69, 9.17) is 5.73 Å². The van der Waals surface area contributed by atoms with Crippen molar-refractivity contribution in [1.82, 2.24) is 0 Å². The van der Waals surface area contributed by atoms with Crippen LogP contribution in [-0.4, -0.2) is 6.54 Å². The van der Waals surface area contributed by atoms with Gasteiger partial charge in [-0.1, -0.05) is 18.2 Å². The van der Waals surface area contributed by atoms with Crippen molar-refractivity contribution in [2.45, 2.75) is 13.5 Å². The molecule has 94 valence electrons. The van der Waals surface area contributed by atoms with E-state index >= 15 is 0 Å². The van der Waals surface area contributed by atoms with Crippen LogP contribution in [0.3, 0.4) is 0 Å². The maximum Gasteiger partial charge on any atom is 0.125 e. The third-order valence-corrected chi connectivity index (χ3v) is 2.87. The van der Waals surface area contributed by atoms with E-state index < -0.39 is 0 Å². The van der Waals surface area contributed by atoms with E-state index in [9.17, 15) is 4.39 Å². The molecule has 0 saturated carbocycles. The molecule has 0 amide bonds. The van der Waals surface area contributed by atoms with E-state index in [2.05, 4.69) is 4.90 Å². The van der Waals surface area contributed by atoms with Gasteiger partial charge in [0.15, 0.2) is 0 Å². The van der Waals surface area contributed by atoms with Gasteiger partial charge in [0.1, 0.15) is 5.82 Å². The molecule has 2 nitrogen and oxygen atoms in total. The second-order valence-corrected chi connectivity index (χ2v) is 4.10. The lowest BCUT2D eigenvalue weighted by molar-refractivity contribution is 0.625. The second kappa shape index (κ2) is 5.65. The maximum atomic E-state index is 13.5. The summed E-state index contributed by atoms with van der Waals surface area (Å²) < 4.78 is 13.5. The Labute approximate surface area is 107 Å². The van der Waals surface area contributed by atoms with Crippen LogP contribution in [0.25, 0.3) is 0 Å². The quantitative estimate of drug-likeness (QED) is 0.892. The molecule has 0 fully saturated rings. The van der Waals surface area contributed by atoms with Crippen LogP contribution in [0.1, 0.15) is 12.5 Å². The smallest absolute Gasteiger partial charge is 0.125 e. The van der Waals surface area contributed by atoms with Gasteiger partial charge in [0, 0.05) is 24.5 Å². The highest BCUT2D eigenvalue weighted by molar-refractivity contribution is 5.63. The van der Waals surface area contributed by atoms with Gasteiger partial charge in [-0.2, -0.15) is 0 Å². The van der Waals surface area contributed by atoms with Crippen molar-refractivity contribution in [3.63, 3.8) is 0 Å². The maximum absolute atomic E-state index is 13.5. The molecule has 3 heteroatoms. The molecule has 0 radical (unpaired) electrons. The largest absolute Gasteiger partial charge is 0.342 e. The molecule has 0 spiro atoms. The van der Waals surface area contributed by atoms with E-state index in [0.717, 1.165) is 23.5 Å². The van der Waals surface area contributed by atoms with Gasteiger partial charge in [0.05, 0.1) is 0 Å². The van der Waals surface area contributed by atoms with Crippen molar-refractivity contribution < 1.29 is 4.39 Å². The van der Waals surface area contributed by atoms with Gasteiger partial charge >= 0.3 is 0 Å². The molecule has 0 unspecified atom stereocenters. The van der Waals surface area contributed by atoms with Crippen molar-refractivity contribution in [1.29, 1.82) is 0 Å². The molecule has 0 aliphatic heterocycles. The molecule has 2 aromatic rings. The summed E-state index contributed by atoms with van der Waals surface area (Å²) in [5, 5.41) is 0. The first-order chi connectivity index (χ1) is 8.74. The second-order valence-electron chi connectivity index (χ2n) is 4.10. The van der Waals surface area contributed by atoms with Crippen molar-refractivity contribution >= 4 is 11.4 Å². The predicted molar refractivity (Wildman–Crippen MR) is 73.4 cm³/mol. The normalized spacial score (nSPS) is 10.4. The van der Waals surface area contributed by atoms with Crippen LogP contribution < -0.4 is 10.6 Å². The topological polar surface area (TPSA) is 29.3 Å². The first-order valence-corrected chi connectivity index (χ1v) is 6.06. The zero-order valence-corrected chi connectivity index (χ0v) is 10.4. The zero-order valence-electron chi connectivity index (χ0n) is 10.4. The predicted octanol–water partition coefficient (Wildman–Crippen LogP) is 3.44. The molecule has 2 N–H and O–H groups in total. The lowest BCUT2D eigenvalue weighted by atomic mass is 10.1. The van der Waals surface area contributed by atoms with Crippen molar-refractivity contribution in [3.05, 3.63) is 59.9 Å². The van der Waals surface area contributed by atoms with E-state index in [1.807, 2.05) is 43.3 Å². The molecule has 0 aliphatic carbocycles. The summed E-state index contributed by atoms with van der Waals surface area (Å²) in [7, 11) is 0. The summed E-state index contributed by atoms with van der Waals surface area (Å²) in [5.74, 6) is -0.248. The molecular formula is C15H17FN2. The highest BCUT2D eigenvalue weighted by atomic mass is 19.1. The van der Waals surface area contributed by atoms with Crippen molar-refractivity contribution in [2.24, 2.45) is 5.73 Å². The van der Waals surface area contributed by atoms with Crippen LogP contribution in [-0.2, 0) is 6.54 Å². The first-order valence-electron chi connectivity index (χ1n) is 6.06. The number of rotatable bonds is 4. The number of benzene rings is 2. The minimum Gasteiger partial charge on any atom is -0.342 e. The number of hydrogen-bond donors (Lipinski definition) is 1. The fraction of sp³-hybridized carbons (Fsp3) is 0.200. The Hall–Kier alpha value is -1.87. The summed E-state index contributed by atoms with van der Waals surface area (Å²) in [4.78, 5) is 2.06. The average Bonchev–Trinajstić information content (AvgIpc) is 2.40.